The molecule has 1 aromatic rings. The zero-order chi connectivity index (χ0) is 13.8. The SMILES string of the molecule is C=CC[C@@](C)(C=O)Cc1ccc(C(C)(C)C)cc1. The highest BCUT2D eigenvalue weighted by molar-refractivity contribution is 5.60. The molecule has 1 atom stereocenters. The van der Waals surface area contributed by atoms with E-state index >= 15 is 0 Å². The van der Waals surface area contributed by atoms with Crippen LogP contribution in [0.2, 0.25) is 0 Å². The lowest BCUT2D eigenvalue weighted by Gasteiger charge is -2.23. The molecule has 98 valence electrons. The third kappa shape index (κ3) is 3.83. The number of carbonyl (C=O) groups excluding carboxylic acids is 1. The topological polar surface area (TPSA) is 17.1 Å². The lowest BCUT2D eigenvalue weighted by atomic mass is 9.81. The molecule has 0 radical (unpaired) electrons. The van der Waals surface area contributed by atoms with E-state index < -0.39 is 0 Å². The van der Waals surface area contributed by atoms with E-state index in [0.717, 1.165) is 19.1 Å². The zero-order valence-electron chi connectivity index (χ0n) is 12.0. The maximum absolute atomic E-state index is 11.2. The van der Waals surface area contributed by atoms with Crippen molar-refractivity contribution in [1.82, 2.24) is 0 Å². The Morgan fingerprint density at radius 3 is 2.06 bits per heavy atom. The average molecular weight is 244 g/mol. The van der Waals surface area contributed by atoms with Gasteiger partial charge in [-0.25, -0.2) is 0 Å². The van der Waals surface area contributed by atoms with Crippen molar-refractivity contribution in [1.29, 1.82) is 0 Å². The molecular formula is C17H24O. The maximum atomic E-state index is 11.2. The van der Waals surface area contributed by atoms with Crippen LogP contribution in [0, 0.1) is 5.41 Å². The molecule has 0 bridgehead atoms. The van der Waals surface area contributed by atoms with Gasteiger partial charge in [0.1, 0.15) is 6.29 Å². The second-order valence-corrected chi connectivity index (χ2v) is 6.39. The summed E-state index contributed by atoms with van der Waals surface area (Å²) in [6.07, 6.45) is 4.36. The van der Waals surface area contributed by atoms with Crippen molar-refractivity contribution in [2.24, 2.45) is 5.41 Å². The van der Waals surface area contributed by atoms with Crippen molar-refractivity contribution in [2.75, 3.05) is 0 Å². The minimum absolute atomic E-state index is 0.174. The first kappa shape index (κ1) is 14.7. The Labute approximate surface area is 111 Å². The summed E-state index contributed by atoms with van der Waals surface area (Å²) in [4.78, 5) is 11.2. The van der Waals surface area contributed by atoms with Crippen LogP contribution in [0.25, 0.3) is 0 Å². The van der Waals surface area contributed by atoms with E-state index in [9.17, 15) is 4.79 Å². The van der Waals surface area contributed by atoms with Crippen molar-refractivity contribution in [3.05, 3.63) is 48.0 Å². The fourth-order valence-electron chi connectivity index (χ4n) is 2.08. The van der Waals surface area contributed by atoms with Crippen molar-refractivity contribution in [3.8, 4) is 0 Å². The minimum atomic E-state index is -0.328. The molecule has 0 aliphatic heterocycles. The zero-order valence-corrected chi connectivity index (χ0v) is 12.0. The minimum Gasteiger partial charge on any atom is -0.303 e. The molecule has 0 saturated carbocycles. The van der Waals surface area contributed by atoms with E-state index in [1.807, 2.05) is 13.0 Å². The second kappa shape index (κ2) is 5.51. The molecule has 18 heavy (non-hydrogen) atoms. The fourth-order valence-corrected chi connectivity index (χ4v) is 2.08. The van der Waals surface area contributed by atoms with Gasteiger partial charge in [0, 0.05) is 5.41 Å². The van der Waals surface area contributed by atoms with Crippen molar-refractivity contribution < 1.29 is 4.79 Å². The Hall–Kier alpha value is -1.37. The molecule has 0 aromatic heterocycles. The smallest absolute Gasteiger partial charge is 0.126 e. The molecule has 1 rings (SSSR count). The largest absolute Gasteiger partial charge is 0.303 e. The van der Waals surface area contributed by atoms with Gasteiger partial charge >= 0.3 is 0 Å². The van der Waals surface area contributed by atoms with Crippen LogP contribution in [0.5, 0.6) is 0 Å². The van der Waals surface area contributed by atoms with Crippen molar-refractivity contribution in [2.45, 2.75) is 46.0 Å². The molecule has 1 heteroatoms. The Bertz CT molecular complexity index is 408. The summed E-state index contributed by atoms with van der Waals surface area (Å²) >= 11 is 0. The highest BCUT2D eigenvalue weighted by Gasteiger charge is 2.22. The molecule has 0 heterocycles. The fraction of sp³-hybridized carbons (Fsp3) is 0.471. The molecule has 0 spiro atoms. The molecule has 0 amide bonds. The lowest BCUT2D eigenvalue weighted by molar-refractivity contribution is -0.115. The van der Waals surface area contributed by atoms with E-state index in [1.165, 1.54) is 11.1 Å². The van der Waals surface area contributed by atoms with E-state index in [2.05, 4.69) is 51.6 Å². The Morgan fingerprint density at radius 2 is 1.67 bits per heavy atom. The molecule has 0 unspecified atom stereocenters. The molecule has 0 N–H and O–H groups in total. The summed E-state index contributed by atoms with van der Waals surface area (Å²) in [5, 5.41) is 0. The second-order valence-electron chi connectivity index (χ2n) is 6.39. The van der Waals surface area contributed by atoms with Gasteiger partial charge in [-0.05, 0) is 29.4 Å². The van der Waals surface area contributed by atoms with Gasteiger partial charge in [-0.15, -0.1) is 6.58 Å². The van der Waals surface area contributed by atoms with Crippen molar-refractivity contribution in [3.63, 3.8) is 0 Å². The van der Waals surface area contributed by atoms with Crippen LogP contribution in [0.1, 0.15) is 45.2 Å². The number of aldehydes is 1. The van der Waals surface area contributed by atoms with Gasteiger partial charge in [0.15, 0.2) is 0 Å². The third-order valence-electron chi connectivity index (χ3n) is 3.32. The van der Waals surface area contributed by atoms with Crippen LogP contribution in [0.3, 0.4) is 0 Å². The quantitative estimate of drug-likeness (QED) is 0.557. The predicted octanol–water partition coefficient (Wildman–Crippen LogP) is 4.31. The summed E-state index contributed by atoms with van der Waals surface area (Å²) < 4.78 is 0. The summed E-state index contributed by atoms with van der Waals surface area (Å²) in [5.74, 6) is 0. The summed E-state index contributed by atoms with van der Waals surface area (Å²) in [6.45, 7) is 12.3. The lowest BCUT2D eigenvalue weighted by Crippen LogP contribution is -2.20. The van der Waals surface area contributed by atoms with Crippen molar-refractivity contribution >= 4 is 6.29 Å². The first-order valence-corrected chi connectivity index (χ1v) is 6.47. The maximum Gasteiger partial charge on any atom is 0.126 e. The predicted molar refractivity (Wildman–Crippen MR) is 77.8 cm³/mol. The van der Waals surface area contributed by atoms with Gasteiger partial charge in [-0.3, -0.25) is 0 Å². The highest BCUT2D eigenvalue weighted by atomic mass is 16.1. The number of hydrogen-bond donors (Lipinski definition) is 0. The number of carbonyl (C=O) groups is 1. The van der Waals surface area contributed by atoms with Crippen LogP contribution in [0.15, 0.2) is 36.9 Å². The van der Waals surface area contributed by atoms with Gasteiger partial charge in [-0.2, -0.15) is 0 Å². The summed E-state index contributed by atoms with van der Waals surface area (Å²) in [7, 11) is 0. The third-order valence-corrected chi connectivity index (χ3v) is 3.32. The van der Waals surface area contributed by atoms with Crippen LogP contribution in [-0.4, -0.2) is 6.29 Å². The van der Waals surface area contributed by atoms with E-state index in [-0.39, 0.29) is 10.8 Å². The number of rotatable bonds is 5. The first-order valence-electron chi connectivity index (χ1n) is 6.47. The van der Waals surface area contributed by atoms with Gasteiger partial charge in [0.2, 0.25) is 0 Å². The number of allylic oxidation sites excluding steroid dienone is 1. The van der Waals surface area contributed by atoms with Crippen LogP contribution >= 0.6 is 0 Å². The Balaban J connectivity index is 2.86. The standard InChI is InChI=1S/C17H24O/c1-6-11-17(5,13-18)12-14-7-9-15(10-8-14)16(2,3)4/h6-10,13H,1,11-12H2,2-5H3/t17-/m1/s1. The first-order chi connectivity index (χ1) is 8.30. The van der Waals surface area contributed by atoms with Crippen LogP contribution < -0.4 is 0 Å². The normalized spacial score (nSPS) is 14.9. The van der Waals surface area contributed by atoms with E-state index in [4.69, 9.17) is 0 Å². The average Bonchev–Trinajstić information content (AvgIpc) is 2.29. The monoisotopic (exact) mass is 244 g/mol. The van der Waals surface area contributed by atoms with Crippen LogP contribution in [0.4, 0.5) is 0 Å². The Kier molecular flexibility index (Phi) is 4.50. The molecule has 1 aromatic carbocycles. The number of benzene rings is 1. The molecule has 0 aliphatic carbocycles. The van der Waals surface area contributed by atoms with E-state index in [1.54, 1.807) is 0 Å². The van der Waals surface area contributed by atoms with Gasteiger partial charge in [0.05, 0.1) is 0 Å². The molecular weight excluding hydrogens is 220 g/mol. The van der Waals surface area contributed by atoms with Crippen LogP contribution in [-0.2, 0) is 16.6 Å². The number of hydrogen-bond acceptors (Lipinski definition) is 1. The molecule has 1 nitrogen and oxygen atoms in total. The molecule has 0 saturated heterocycles. The molecule has 0 aliphatic rings. The van der Waals surface area contributed by atoms with Gasteiger partial charge < -0.3 is 4.79 Å². The highest BCUT2D eigenvalue weighted by Crippen LogP contribution is 2.27. The summed E-state index contributed by atoms with van der Waals surface area (Å²) in [6, 6.07) is 8.58. The molecule has 0 fully saturated rings. The van der Waals surface area contributed by atoms with E-state index in [0.29, 0.717) is 0 Å². The van der Waals surface area contributed by atoms with Gasteiger partial charge in [-0.1, -0.05) is 58.0 Å². The summed E-state index contributed by atoms with van der Waals surface area (Å²) in [5.41, 5.74) is 2.38. The van der Waals surface area contributed by atoms with Gasteiger partial charge in [0.25, 0.3) is 0 Å². The Morgan fingerprint density at radius 1 is 1.11 bits per heavy atom.